The van der Waals surface area contributed by atoms with E-state index in [-0.39, 0.29) is 5.91 Å². The van der Waals surface area contributed by atoms with Crippen LogP contribution in [0.25, 0.3) is 0 Å². The Morgan fingerprint density at radius 2 is 1.86 bits per heavy atom. The lowest BCUT2D eigenvalue weighted by Gasteiger charge is -2.12. The molecule has 0 spiro atoms. The maximum Gasteiger partial charge on any atom is 0.251 e. The average Bonchev–Trinajstić information content (AvgIpc) is 3.07. The van der Waals surface area contributed by atoms with Gasteiger partial charge in [-0.25, -0.2) is 0 Å². The molecule has 0 radical (unpaired) electrons. The first-order chi connectivity index (χ1) is 14.1. The first kappa shape index (κ1) is 20.3. The number of amides is 1. The zero-order chi connectivity index (χ0) is 20.6. The Hall–Kier alpha value is -3.48. The zero-order valence-electron chi connectivity index (χ0n) is 16.7. The number of para-hydroxylation sites is 1. The smallest absolute Gasteiger partial charge is 0.251 e. The molecule has 1 N–H and O–H groups in total. The van der Waals surface area contributed by atoms with E-state index in [2.05, 4.69) is 10.5 Å². The van der Waals surface area contributed by atoms with Gasteiger partial charge in [-0.15, -0.1) is 0 Å². The first-order valence-electron chi connectivity index (χ1n) is 9.27. The molecule has 1 amide bonds. The molecule has 0 saturated carbocycles. The summed E-state index contributed by atoms with van der Waals surface area (Å²) >= 11 is 0. The molecule has 0 unspecified atom stereocenters. The van der Waals surface area contributed by atoms with Crippen LogP contribution in [-0.4, -0.2) is 31.3 Å². The van der Waals surface area contributed by atoms with Gasteiger partial charge in [0.2, 0.25) is 0 Å². The Morgan fingerprint density at radius 3 is 2.55 bits per heavy atom. The minimum absolute atomic E-state index is 0.211. The van der Waals surface area contributed by atoms with Crippen molar-refractivity contribution in [2.45, 2.75) is 20.5 Å². The number of hydrogen-bond acceptors (Lipinski definition) is 6. The predicted octanol–water partition coefficient (Wildman–Crippen LogP) is 3.69. The normalized spacial score (nSPS) is 10.4. The van der Waals surface area contributed by atoms with E-state index in [0.29, 0.717) is 36.8 Å². The number of nitrogens with zero attached hydrogens (tertiary/aromatic N) is 1. The summed E-state index contributed by atoms with van der Waals surface area (Å²) in [6, 6.07) is 14.5. The van der Waals surface area contributed by atoms with E-state index in [1.807, 2.05) is 44.2 Å². The lowest BCUT2D eigenvalue weighted by Crippen LogP contribution is -2.28. The predicted molar refractivity (Wildman–Crippen MR) is 108 cm³/mol. The van der Waals surface area contributed by atoms with Crippen molar-refractivity contribution in [3.05, 3.63) is 71.1 Å². The van der Waals surface area contributed by atoms with Crippen LogP contribution in [0.3, 0.4) is 0 Å². The summed E-state index contributed by atoms with van der Waals surface area (Å²) in [6.45, 7) is 4.78. The third-order valence-electron chi connectivity index (χ3n) is 4.38. The Balaban J connectivity index is 1.55. The molecular formula is C22H24N2O5. The molecule has 0 fully saturated rings. The Morgan fingerprint density at radius 1 is 1.07 bits per heavy atom. The molecule has 0 aliphatic heterocycles. The van der Waals surface area contributed by atoms with E-state index >= 15 is 0 Å². The van der Waals surface area contributed by atoms with E-state index in [4.69, 9.17) is 18.7 Å². The van der Waals surface area contributed by atoms with E-state index in [9.17, 15) is 4.79 Å². The molecule has 29 heavy (non-hydrogen) atoms. The Bertz CT molecular complexity index is 934. The summed E-state index contributed by atoms with van der Waals surface area (Å²) < 4.78 is 21.9. The summed E-state index contributed by atoms with van der Waals surface area (Å²) in [6.07, 6.45) is 0. The van der Waals surface area contributed by atoms with Crippen molar-refractivity contribution in [1.29, 1.82) is 0 Å². The SMILES string of the molecule is COc1cc(C(=O)NCCOc2ccccc2)ccc1OCc1c(C)noc1C. The Kier molecular flexibility index (Phi) is 6.73. The fourth-order valence-corrected chi connectivity index (χ4v) is 2.74. The second-order valence-corrected chi connectivity index (χ2v) is 6.37. The summed E-state index contributed by atoms with van der Waals surface area (Å²) in [5, 5.41) is 6.74. The van der Waals surface area contributed by atoms with E-state index in [1.54, 1.807) is 18.2 Å². The number of carbonyl (C=O) groups excluding carboxylic acids is 1. The molecule has 7 heteroatoms. The molecule has 0 saturated heterocycles. The highest BCUT2D eigenvalue weighted by Crippen LogP contribution is 2.29. The van der Waals surface area contributed by atoms with Crippen molar-refractivity contribution in [2.75, 3.05) is 20.3 Å². The minimum atomic E-state index is -0.211. The van der Waals surface area contributed by atoms with Gasteiger partial charge in [0.25, 0.3) is 5.91 Å². The molecular weight excluding hydrogens is 372 g/mol. The molecule has 0 atom stereocenters. The van der Waals surface area contributed by atoms with Crippen LogP contribution in [0.5, 0.6) is 17.2 Å². The standard InChI is InChI=1S/C22H24N2O5/c1-15-19(16(2)29-24-15)14-28-20-10-9-17(13-21(20)26-3)22(25)23-11-12-27-18-7-5-4-6-8-18/h4-10,13H,11-12,14H2,1-3H3,(H,23,25). The van der Waals surface area contributed by atoms with Crippen LogP contribution in [0.15, 0.2) is 53.1 Å². The van der Waals surface area contributed by atoms with Crippen molar-refractivity contribution in [3.63, 3.8) is 0 Å². The van der Waals surface area contributed by atoms with Crippen LogP contribution in [0, 0.1) is 13.8 Å². The van der Waals surface area contributed by atoms with Crippen molar-refractivity contribution in [1.82, 2.24) is 10.5 Å². The third-order valence-corrected chi connectivity index (χ3v) is 4.38. The highest BCUT2D eigenvalue weighted by Gasteiger charge is 2.14. The van der Waals surface area contributed by atoms with Gasteiger partial charge in [-0.2, -0.15) is 0 Å². The number of rotatable bonds is 9. The van der Waals surface area contributed by atoms with Crippen LogP contribution >= 0.6 is 0 Å². The van der Waals surface area contributed by atoms with Gasteiger partial charge in [0.15, 0.2) is 11.5 Å². The molecule has 2 aromatic carbocycles. The maximum atomic E-state index is 12.4. The van der Waals surface area contributed by atoms with Gasteiger partial charge in [0.05, 0.1) is 24.9 Å². The van der Waals surface area contributed by atoms with E-state index in [1.165, 1.54) is 7.11 Å². The number of aromatic nitrogens is 1. The summed E-state index contributed by atoms with van der Waals surface area (Å²) in [4.78, 5) is 12.4. The number of aryl methyl sites for hydroxylation is 2. The van der Waals surface area contributed by atoms with Crippen molar-refractivity contribution < 1.29 is 23.5 Å². The van der Waals surface area contributed by atoms with Gasteiger partial charge in [0.1, 0.15) is 24.7 Å². The van der Waals surface area contributed by atoms with Crippen LogP contribution < -0.4 is 19.5 Å². The molecule has 7 nitrogen and oxygen atoms in total. The second kappa shape index (κ2) is 9.64. The number of carbonyl (C=O) groups is 1. The quantitative estimate of drug-likeness (QED) is 0.556. The molecule has 3 aromatic rings. The molecule has 1 aromatic heterocycles. The highest BCUT2D eigenvalue weighted by atomic mass is 16.5. The summed E-state index contributed by atoms with van der Waals surface area (Å²) in [5.74, 6) is 2.29. The monoisotopic (exact) mass is 396 g/mol. The summed E-state index contributed by atoms with van der Waals surface area (Å²) in [5.41, 5.74) is 2.16. The number of benzene rings is 2. The second-order valence-electron chi connectivity index (χ2n) is 6.37. The topological polar surface area (TPSA) is 82.8 Å². The number of ether oxygens (including phenoxy) is 3. The Labute approximate surface area is 169 Å². The van der Waals surface area contributed by atoms with Gasteiger partial charge in [0, 0.05) is 5.56 Å². The lowest BCUT2D eigenvalue weighted by molar-refractivity contribution is 0.0946. The lowest BCUT2D eigenvalue weighted by atomic mass is 10.2. The van der Waals surface area contributed by atoms with Crippen molar-refractivity contribution >= 4 is 5.91 Å². The number of hydrogen-bond donors (Lipinski definition) is 1. The molecule has 0 bridgehead atoms. The minimum Gasteiger partial charge on any atom is -0.493 e. The molecule has 3 rings (SSSR count). The van der Waals surface area contributed by atoms with Crippen LogP contribution in [-0.2, 0) is 6.61 Å². The largest absolute Gasteiger partial charge is 0.493 e. The van der Waals surface area contributed by atoms with Crippen LogP contribution in [0.2, 0.25) is 0 Å². The number of nitrogens with one attached hydrogen (secondary N) is 1. The fraction of sp³-hybridized carbons (Fsp3) is 0.273. The highest BCUT2D eigenvalue weighted by molar-refractivity contribution is 5.94. The summed E-state index contributed by atoms with van der Waals surface area (Å²) in [7, 11) is 1.54. The van der Waals surface area contributed by atoms with Gasteiger partial charge >= 0.3 is 0 Å². The van der Waals surface area contributed by atoms with Gasteiger partial charge < -0.3 is 24.1 Å². The van der Waals surface area contributed by atoms with Crippen LogP contribution in [0.1, 0.15) is 27.4 Å². The van der Waals surface area contributed by atoms with Crippen molar-refractivity contribution in [3.8, 4) is 17.2 Å². The fourth-order valence-electron chi connectivity index (χ4n) is 2.74. The number of methoxy groups -OCH3 is 1. The molecule has 152 valence electrons. The molecule has 0 aliphatic rings. The van der Waals surface area contributed by atoms with Crippen LogP contribution in [0.4, 0.5) is 0 Å². The average molecular weight is 396 g/mol. The van der Waals surface area contributed by atoms with E-state index < -0.39 is 0 Å². The first-order valence-corrected chi connectivity index (χ1v) is 9.27. The third kappa shape index (κ3) is 5.28. The van der Waals surface area contributed by atoms with Crippen molar-refractivity contribution in [2.24, 2.45) is 0 Å². The molecule has 0 aliphatic carbocycles. The molecule has 1 heterocycles. The zero-order valence-corrected chi connectivity index (χ0v) is 16.7. The van der Waals surface area contributed by atoms with Gasteiger partial charge in [-0.1, -0.05) is 23.4 Å². The van der Waals surface area contributed by atoms with E-state index in [0.717, 1.165) is 22.8 Å². The van der Waals surface area contributed by atoms with Gasteiger partial charge in [-0.05, 0) is 44.2 Å². The van der Waals surface area contributed by atoms with Gasteiger partial charge in [-0.3, -0.25) is 4.79 Å². The maximum absolute atomic E-state index is 12.4.